The predicted molar refractivity (Wildman–Crippen MR) is 256 cm³/mol. The van der Waals surface area contributed by atoms with Crippen LogP contribution >= 0.6 is 0 Å². The van der Waals surface area contributed by atoms with Crippen molar-refractivity contribution in [2.24, 2.45) is 107 Å². The van der Waals surface area contributed by atoms with Gasteiger partial charge < -0.3 is 0 Å². The second-order valence-electron chi connectivity index (χ2n) is 25.8. The van der Waals surface area contributed by atoms with Crippen LogP contribution < -0.4 is 0 Å². The minimum absolute atomic E-state index is 0.858. The second-order valence-corrected chi connectivity index (χ2v) is 25.8. The Hall–Kier alpha value is -0.560. The fraction of sp³-hybridized carbons (Fsp3) is 0.933. The van der Waals surface area contributed by atoms with Crippen molar-refractivity contribution in [3.63, 3.8) is 0 Å². The van der Waals surface area contributed by atoms with Gasteiger partial charge in [0.25, 0.3) is 0 Å². The largest absolute Gasteiger partial charge is 0.297 e. The molecule has 0 bridgehead atoms. The van der Waals surface area contributed by atoms with Crippen molar-refractivity contribution >= 4 is 0 Å². The zero-order valence-electron chi connectivity index (χ0n) is 39.9. The SMILES string of the molecule is CCN1C2CC(C=C3C4CCCCC4C4CCCCC4C4CCCCC34)CCC2C2CCCCC2C2CCC(C=C3C4CCCCC4C4CCCCC4C4CCCCC34)CC21. The van der Waals surface area contributed by atoms with E-state index in [1.807, 2.05) is 0 Å². The van der Waals surface area contributed by atoms with E-state index in [4.69, 9.17) is 0 Å². The monoisotopic (exact) mass is 830 g/mol. The standard InChI is InChI=1S/C60H95N/c1-2-61-59-37-39(35-57-51-27-13-7-21-45(51)41-17-3-4-18-42(41)46-22-8-14-28-52(46)57)31-33-55(59)49-25-11-12-26-50(49)56-34-32-40(38-60(56)61)36-58-53-29-15-9-23-47(53)43-19-5-6-20-44(43)48-24-10-16-30-54(48)58/h35-36,39-56,59-60H,2-34,37-38H2,1H3. The van der Waals surface area contributed by atoms with E-state index in [9.17, 15) is 0 Å². The number of nitrogens with zero attached hydrogens (tertiary/aromatic N) is 1. The Kier molecular flexibility index (Phi) is 12.5. The van der Waals surface area contributed by atoms with Crippen LogP contribution in [0.15, 0.2) is 23.3 Å². The topological polar surface area (TPSA) is 3.24 Å². The van der Waals surface area contributed by atoms with Crippen LogP contribution in [-0.4, -0.2) is 23.5 Å². The smallest absolute Gasteiger partial charge is 0.0135 e. The highest BCUT2D eigenvalue weighted by Gasteiger charge is 2.55. The molecule has 11 aliphatic carbocycles. The quantitative estimate of drug-likeness (QED) is 0.256. The van der Waals surface area contributed by atoms with Crippen molar-refractivity contribution in [1.82, 2.24) is 4.90 Å². The number of rotatable bonds is 3. The molecule has 0 spiro atoms. The first-order chi connectivity index (χ1) is 30.2. The summed E-state index contributed by atoms with van der Waals surface area (Å²) < 4.78 is 0. The van der Waals surface area contributed by atoms with Gasteiger partial charge in [-0.1, -0.05) is 120 Å². The minimum Gasteiger partial charge on any atom is -0.297 e. The summed E-state index contributed by atoms with van der Waals surface area (Å²) in [6, 6.07) is 1.72. The highest BCUT2D eigenvalue weighted by molar-refractivity contribution is 5.23. The number of hydrogen-bond acceptors (Lipinski definition) is 1. The van der Waals surface area contributed by atoms with Gasteiger partial charge in [0.15, 0.2) is 0 Å². The first-order valence-electron chi connectivity index (χ1n) is 29.4. The van der Waals surface area contributed by atoms with Crippen molar-refractivity contribution in [2.45, 2.75) is 237 Å². The van der Waals surface area contributed by atoms with E-state index in [2.05, 4.69) is 35.1 Å². The lowest BCUT2D eigenvalue weighted by molar-refractivity contribution is 0.0247. The molecule has 1 nitrogen and oxygen atoms in total. The van der Waals surface area contributed by atoms with Crippen LogP contribution in [0, 0.1) is 107 Å². The molecule has 0 aromatic rings. The molecule has 1 heterocycles. The average molecular weight is 830 g/mol. The molecule has 340 valence electrons. The molecule has 12 aliphatic rings. The van der Waals surface area contributed by atoms with E-state index in [0.29, 0.717) is 0 Å². The van der Waals surface area contributed by atoms with Crippen LogP contribution in [0.25, 0.3) is 0 Å². The van der Waals surface area contributed by atoms with Gasteiger partial charge in [-0.25, -0.2) is 0 Å². The molecule has 0 N–H and O–H groups in total. The molecule has 1 aliphatic heterocycles. The Morgan fingerprint density at radius 3 is 0.869 bits per heavy atom. The summed E-state index contributed by atoms with van der Waals surface area (Å²) in [5.41, 5.74) is 4.24. The maximum Gasteiger partial charge on any atom is 0.0135 e. The second kappa shape index (κ2) is 18.3. The Morgan fingerprint density at radius 1 is 0.311 bits per heavy atom. The summed E-state index contributed by atoms with van der Waals surface area (Å²) in [5, 5.41) is 0. The number of fused-ring (bicyclic) bond motifs is 15. The van der Waals surface area contributed by atoms with E-state index in [1.165, 1.54) is 96.4 Å². The maximum atomic E-state index is 3.34. The fourth-order valence-corrected chi connectivity index (χ4v) is 21.9. The predicted octanol–water partition coefficient (Wildman–Crippen LogP) is 16.4. The number of hydrogen-bond donors (Lipinski definition) is 0. The lowest BCUT2D eigenvalue weighted by atomic mass is 9.60. The number of likely N-dealkylation sites (tertiary alicyclic amines) is 1. The zero-order valence-corrected chi connectivity index (χ0v) is 39.9. The summed E-state index contributed by atoms with van der Waals surface area (Å²) in [6.07, 6.45) is 59.2. The van der Waals surface area contributed by atoms with Crippen LogP contribution in [-0.2, 0) is 0 Å². The van der Waals surface area contributed by atoms with Crippen LogP contribution in [0.5, 0.6) is 0 Å². The van der Waals surface area contributed by atoms with Crippen molar-refractivity contribution in [3.8, 4) is 0 Å². The van der Waals surface area contributed by atoms with Crippen molar-refractivity contribution in [2.75, 3.05) is 6.54 Å². The maximum absolute atomic E-state index is 3.34. The Morgan fingerprint density at radius 2 is 0.574 bits per heavy atom. The van der Waals surface area contributed by atoms with Gasteiger partial charge in [0.1, 0.15) is 0 Å². The third-order valence-corrected chi connectivity index (χ3v) is 23.8. The third-order valence-electron chi connectivity index (χ3n) is 23.8. The molecule has 61 heavy (non-hydrogen) atoms. The van der Waals surface area contributed by atoms with Crippen LogP contribution in [0.1, 0.15) is 225 Å². The van der Waals surface area contributed by atoms with Crippen LogP contribution in [0.4, 0.5) is 0 Å². The van der Waals surface area contributed by atoms with E-state index in [0.717, 1.165) is 119 Å². The van der Waals surface area contributed by atoms with Crippen LogP contribution in [0.2, 0.25) is 0 Å². The van der Waals surface area contributed by atoms with Crippen molar-refractivity contribution in [1.29, 1.82) is 0 Å². The van der Waals surface area contributed by atoms with Gasteiger partial charge in [-0.05, 0) is 241 Å². The van der Waals surface area contributed by atoms with Gasteiger partial charge in [-0.3, -0.25) is 4.90 Å². The summed E-state index contributed by atoms with van der Waals surface area (Å²) >= 11 is 0. The molecule has 0 radical (unpaired) electrons. The lowest BCUT2D eigenvalue weighted by Crippen LogP contribution is -2.52. The van der Waals surface area contributed by atoms with E-state index in [-0.39, 0.29) is 0 Å². The lowest BCUT2D eigenvalue weighted by Gasteiger charge is -2.48. The molecule has 1 saturated heterocycles. The summed E-state index contributed by atoms with van der Waals surface area (Å²) in [4.78, 5) is 3.34. The minimum atomic E-state index is 0.858. The fourth-order valence-electron chi connectivity index (χ4n) is 21.9. The zero-order chi connectivity index (χ0) is 40.4. The van der Waals surface area contributed by atoms with Gasteiger partial charge in [-0.15, -0.1) is 0 Å². The molecule has 0 aromatic heterocycles. The molecule has 20 atom stereocenters. The van der Waals surface area contributed by atoms with E-state index >= 15 is 0 Å². The Bertz CT molecular complexity index is 1370. The molecule has 1 heteroatoms. The van der Waals surface area contributed by atoms with Gasteiger partial charge in [0, 0.05) is 12.1 Å². The van der Waals surface area contributed by atoms with Crippen molar-refractivity contribution < 1.29 is 0 Å². The average Bonchev–Trinajstić information content (AvgIpc) is 3.58. The van der Waals surface area contributed by atoms with Gasteiger partial charge in [0.05, 0.1) is 0 Å². The summed E-state index contributed by atoms with van der Waals surface area (Å²) in [5.74, 6) is 18.1. The Labute approximate surface area is 377 Å². The number of allylic oxidation sites excluding steroid dienone is 4. The van der Waals surface area contributed by atoms with Gasteiger partial charge in [-0.2, -0.15) is 0 Å². The van der Waals surface area contributed by atoms with Crippen molar-refractivity contribution in [3.05, 3.63) is 23.3 Å². The van der Waals surface area contributed by atoms with Gasteiger partial charge in [0.2, 0.25) is 0 Å². The highest BCUT2D eigenvalue weighted by atomic mass is 15.2. The first kappa shape index (κ1) is 41.8. The highest BCUT2D eigenvalue weighted by Crippen LogP contribution is 2.62. The third kappa shape index (κ3) is 7.62. The summed E-state index contributed by atoms with van der Waals surface area (Å²) in [6.45, 7) is 3.97. The normalized spacial score (nSPS) is 51.4. The molecular weight excluding hydrogens is 735 g/mol. The molecule has 20 unspecified atom stereocenters. The molecule has 0 amide bonds. The molecular formula is C60H95N. The van der Waals surface area contributed by atoms with Crippen LogP contribution in [0.3, 0.4) is 0 Å². The molecule has 11 saturated carbocycles. The Balaban J connectivity index is 0.861. The van der Waals surface area contributed by atoms with E-state index in [1.54, 1.807) is 128 Å². The van der Waals surface area contributed by atoms with E-state index < -0.39 is 0 Å². The summed E-state index contributed by atoms with van der Waals surface area (Å²) in [7, 11) is 0. The first-order valence-corrected chi connectivity index (χ1v) is 29.4. The molecule has 0 aromatic carbocycles. The van der Waals surface area contributed by atoms with Gasteiger partial charge >= 0.3 is 0 Å². The molecule has 12 rings (SSSR count). The molecule has 12 fully saturated rings.